The van der Waals surface area contributed by atoms with E-state index < -0.39 is 0 Å². The van der Waals surface area contributed by atoms with Crippen molar-refractivity contribution in [1.29, 1.82) is 0 Å². The molecule has 58 valence electrons. The lowest BCUT2D eigenvalue weighted by atomic mass is 10.1. The molecule has 0 amide bonds. The third-order valence-electron chi connectivity index (χ3n) is 1.55. The van der Waals surface area contributed by atoms with Gasteiger partial charge >= 0.3 is 0 Å². The van der Waals surface area contributed by atoms with Gasteiger partial charge in [-0.1, -0.05) is 9.39 Å². The number of nitrogens with one attached hydrogen (secondary N) is 1. The number of thioether (sulfide) groups is 1. The van der Waals surface area contributed by atoms with Crippen LogP contribution in [0.1, 0.15) is 12.8 Å². The molecule has 1 fully saturated rings. The van der Waals surface area contributed by atoms with Crippen molar-refractivity contribution in [2.24, 2.45) is 0 Å². The minimum atomic E-state index is 0.380. The summed E-state index contributed by atoms with van der Waals surface area (Å²) in [4.78, 5) is 11.0. The summed E-state index contributed by atoms with van der Waals surface area (Å²) in [5.74, 6) is 2.46. The van der Waals surface area contributed by atoms with Gasteiger partial charge in [0.15, 0.2) is 0 Å². The van der Waals surface area contributed by atoms with Crippen LogP contribution in [-0.4, -0.2) is 23.3 Å². The Morgan fingerprint density at radius 1 is 1.70 bits per heavy atom. The van der Waals surface area contributed by atoms with Crippen LogP contribution >= 0.6 is 21.2 Å². The van der Waals surface area contributed by atoms with E-state index in [2.05, 4.69) is 14.5 Å². The van der Waals surface area contributed by atoms with Crippen LogP contribution in [0, 0.1) is 0 Å². The second-order valence-electron chi connectivity index (χ2n) is 2.43. The van der Waals surface area contributed by atoms with E-state index in [1.165, 1.54) is 0 Å². The topological polar surface area (TPSA) is 29.1 Å². The molecule has 0 bridgehead atoms. The van der Waals surface area contributed by atoms with Crippen molar-refractivity contribution >= 4 is 26.9 Å². The molecule has 2 nitrogen and oxygen atoms in total. The maximum atomic E-state index is 11.0. The first-order valence-corrected chi connectivity index (χ1v) is 5.11. The van der Waals surface area contributed by atoms with Crippen molar-refractivity contribution in [2.45, 2.75) is 18.9 Å². The monoisotopic (exact) mass is 177 g/mol. The molecular weight excluding hydrogens is 165 g/mol. The van der Waals surface area contributed by atoms with Gasteiger partial charge in [0.25, 0.3) is 0 Å². The van der Waals surface area contributed by atoms with Crippen LogP contribution in [-0.2, 0) is 4.79 Å². The Morgan fingerprint density at radius 2 is 2.50 bits per heavy atom. The molecule has 10 heavy (non-hydrogen) atoms. The van der Waals surface area contributed by atoms with E-state index in [1.54, 1.807) is 0 Å². The second-order valence-corrected chi connectivity index (χ2v) is 3.91. The fourth-order valence-electron chi connectivity index (χ4n) is 0.954. The molecule has 0 aromatic heterocycles. The Hall–Kier alpha value is 0.410. The Kier molecular flexibility index (Phi) is 3.68. The quantitative estimate of drug-likeness (QED) is 0.601. The largest absolute Gasteiger partial charge is 0.300 e. The third-order valence-corrected chi connectivity index (χ3v) is 3.16. The first-order chi connectivity index (χ1) is 4.83. The normalized spacial score (nSPS) is 28.1. The van der Waals surface area contributed by atoms with Crippen LogP contribution in [0.25, 0.3) is 0 Å². The highest BCUT2D eigenvalue weighted by atomic mass is 32.2. The summed E-state index contributed by atoms with van der Waals surface area (Å²) in [7, 11) is 2.47. The Bertz CT molecular complexity index is 131. The van der Waals surface area contributed by atoms with E-state index >= 15 is 0 Å². The number of carbonyl (C=O) groups excluding carboxylic acids is 1. The van der Waals surface area contributed by atoms with Gasteiger partial charge in [0.2, 0.25) is 0 Å². The third kappa shape index (κ3) is 2.57. The molecule has 2 atom stereocenters. The summed E-state index contributed by atoms with van der Waals surface area (Å²) < 4.78 is 0. The fraction of sp³-hybridized carbons (Fsp3) is 0.833. The minimum Gasteiger partial charge on any atom is -0.300 e. The Labute approximate surface area is 67.8 Å². The highest BCUT2D eigenvalue weighted by Gasteiger charge is 2.15. The van der Waals surface area contributed by atoms with Crippen LogP contribution in [0.5, 0.6) is 0 Å². The second kappa shape index (κ2) is 4.32. The zero-order chi connectivity index (χ0) is 7.40. The average molecular weight is 177 g/mol. The zero-order valence-electron chi connectivity index (χ0n) is 5.80. The summed E-state index contributed by atoms with van der Waals surface area (Å²) in [6.07, 6.45) is 1.46. The SMILES string of the molecule is O=C1CCSCC(NP)C1. The van der Waals surface area contributed by atoms with Gasteiger partial charge in [-0.3, -0.25) is 9.88 Å². The molecule has 1 heterocycles. The predicted octanol–water partition coefficient (Wildman–Crippen LogP) is 0.831. The van der Waals surface area contributed by atoms with E-state index in [4.69, 9.17) is 0 Å². The van der Waals surface area contributed by atoms with E-state index in [9.17, 15) is 4.79 Å². The fourth-order valence-corrected chi connectivity index (χ4v) is 2.40. The van der Waals surface area contributed by atoms with Gasteiger partial charge in [0.05, 0.1) is 0 Å². The van der Waals surface area contributed by atoms with Crippen molar-refractivity contribution in [3.63, 3.8) is 0 Å². The standard InChI is InChI=1S/C6H12NOPS/c8-6-1-2-10-4-5(3-6)7-9/h5,7H,1-4,9H2. The van der Waals surface area contributed by atoms with Crippen LogP contribution in [0.15, 0.2) is 0 Å². The molecule has 1 N–H and O–H groups in total. The predicted molar refractivity (Wildman–Crippen MR) is 48.2 cm³/mol. The lowest BCUT2D eigenvalue weighted by Crippen LogP contribution is -2.24. The summed E-state index contributed by atoms with van der Waals surface area (Å²) >= 11 is 1.86. The van der Waals surface area contributed by atoms with Crippen molar-refractivity contribution in [3.05, 3.63) is 0 Å². The summed E-state index contributed by atoms with van der Waals surface area (Å²) in [5, 5.41) is 3.05. The van der Waals surface area contributed by atoms with Crippen molar-refractivity contribution in [1.82, 2.24) is 5.09 Å². The lowest BCUT2D eigenvalue weighted by molar-refractivity contribution is -0.118. The first kappa shape index (κ1) is 8.51. The molecule has 0 radical (unpaired) electrons. The maximum absolute atomic E-state index is 11.0. The van der Waals surface area contributed by atoms with E-state index in [0.717, 1.165) is 17.9 Å². The number of rotatable bonds is 1. The molecule has 1 aliphatic rings. The van der Waals surface area contributed by atoms with Crippen molar-refractivity contribution in [2.75, 3.05) is 11.5 Å². The summed E-state index contributed by atoms with van der Waals surface area (Å²) in [6, 6.07) is 0.380. The van der Waals surface area contributed by atoms with Crippen molar-refractivity contribution in [3.8, 4) is 0 Å². The molecule has 1 rings (SSSR count). The van der Waals surface area contributed by atoms with Gasteiger partial charge < -0.3 is 0 Å². The molecule has 0 aromatic rings. The lowest BCUT2D eigenvalue weighted by Gasteiger charge is -2.09. The van der Waals surface area contributed by atoms with Gasteiger partial charge in [-0.2, -0.15) is 11.8 Å². The summed E-state index contributed by atoms with van der Waals surface area (Å²) in [5.41, 5.74) is 0. The average Bonchev–Trinajstić information content (AvgIpc) is 2.13. The van der Waals surface area contributed by atoms with Crippen molar-refractivity contribution < 1.29 is 4.79 Å². The number of hydrogen-bond acceptors (Lipinski definition) is 3. The van der Waals surface area contributed by atoms with Gasteiger partial charge in [0, 0.05) is 30.4 Å². The Balaban J connectivity index is 2.38. The smallest absolute Gasteiger partial charge is 0.135 e. The zero-order valence-corrected chi connectivity index (χ0v) is 7.77. The number of ketones is 1. The Morgan fingerprint density at radius 3 is 3.20 bits per heavy atom. The molecule has 2 unspecified atom stereocenters. The molecule has 0 spiro atoms. The molecule has 0 aromatic carbocycles. The number of carbonyl (C=O) groups is 1. The van der Waals surface area contributed by atoms with E-state index in [-0.39, 0.29) is 0 Å². The van der Waals surface area contributed by atoms with Gasteiger partial charge in [-0.25, -0.2) is 0 Å². The van der Waals surface area contributed by atoms with Gasteiger partial charge in [0.1, 0.15) is 5.78 Å². The molecule has 1 aliphatic heterocycles. The minimum absolute atomic E-state index is 0.380. The van der Waals surface area contributed by atoms with E-state index in [0.29, 0.717) is 18.2 Å². The highest BCUT2D eigenvalue weighted by Crippen LogP contribution is 2.14. The maximum Gasteiger partial charge on any atom is 0.135 e. The molecule has 0 saturated carbocycles. The van der Waals surface area contributed by atoms with Crippen LogP contribution < -0.4 is 5.09 Å². The molecular formula is C6H12NOPS. The summed E-state index contributed by atoms with van der Waals surface area (Å²) in [6.45, 7) is 0. The van der Waals surface area contributed by atoms with Crippen LogP contribution in [0.3, 0.4) is 0 Å². The van der Waals surface area contributed by atoms with Crippen LogP contribution in [0.2, 0.25) is 0 Å². The first-order valence-electron chi connectivity index (χ1n) is 3.38. The number of hydrogen-bond donors (Lipinski definition) is 1. The highest BCUT2D eigenvalue weighted by molar-refractivity contribution is 7.99. The van der Waals surface area contributed by atoms with Gasteiger partial charge in [-0.05, 0) is 0 Å². The molecule has 0 aliphatic carbocycles. The molecule has 4 heteroatoms. The van der Waals surface area contributed by atoms with Crippen LogP contribution in [0.4, 0.5) is 0 Å². The van der Waals surface area contributed by atoms with E-state index in [1.807, 2.05) is 11.8 Å². The van der Waals surface area contributed by atoms with Gasteiger partial charge in [-0.15, -0.1) is 0 Å². The number of Topliss-reactive ketones (excluding diaryl/α,β-unsaturated/α-hetero) is 1. The molecule has 1 saturated heterocycles.